The van der Waals surface area contributed by atoms with Crippen molar-refractivity contribution in [2.75, 3.05) is 0 Å². The van der Waals surface area contributed by atoms with Gasteiger partial charge in [0.1, 0.15) is 34.3 Å². The smallest absolute Gasteiger partial charge is 0.159 e. The van der Waals surface area contributed by atoms with E-state index >= 15 is 0 Å². The number of rotatable bonds is 4. The highest BCUT2D eigenvalue weighted by atomic mass is 16.3. The molecule has 0 aliphatic carbocycles. The Morgan fingerprint density at radius 1 is 0.471 bits per heavy atom. The number of nitrogens with zero attached hydrogens (tertiary/aromatic N) is 3. The second kappa shape index (κ2) is 10.8. The van der Waals surface area contributed by atoms with Crippen LogP contribution < -0.4 is 5.32 Å². The molecular formula is C45H28N4O2. The minimum atomic E-state index is -0.270. The Hall–Kier alpha value is -6.92. The predicted molar refractivity (Wildman–Crippen MR) is 207 cm³/mol. The van der Waals surface area contributed by atoms with E-state index in [0.717, 1.165) is 72.1 Å². The lowest BCUT2D eigenvalue weighted by molar-refractivity contribution is 0.663. The van der Waals surface area contributed by atoms with E-state index in [1.165, 1.54) is 21.8 Å². The SMILES string of the molecule is c1ccc(C2=NC(c3ccccc3)NC(c3ccc4c(c3)oc3cc5c(cc34)oc3ccc(-n4c6ccccc6c6ccccc64)cc35)=N2)cc1. The Kier molecular flexibility index (Phi) is 5.92. The highest BCUT2D eigenvalue weighted by molar-refractivity contribution is 6.18. The van der Waals surface area contributed by atoms with E-state index in [2.05, 4.69) is 119 Å². The summed E-state index contributed by atoms with van der Waals surface area (Å²) in [7, 11) is 0. The Labute approximate surface area is 291 Å². The molecule has 0 bridgehead atoms. The monoisotopic (exact) mass is 656 g/mol. The van der Waals surface area contributed by atoms with Crippen LogP contribution in [0.25, 0.3) is 71.4 Å². The molecule has 1 atom stereocenters. The Balaban J connectivity index is 1.03. The van der Waals surface area contributed by atoms with Gasteiger partial charge >= 0.3 is 0 Å². The number of hydrogen-bond acceptors (Lipinski definition) is 5. The van der Waals surface area contributed by atoms with Crippen LogP contribution in [0.1, 0.15) is 22.9 Å². The van der Waals surface area contributed by atoms with Gasteiger partial charge in [0.15, 0.2) is 5.84 Å². The zero-order valence-electron chi connectivity index (χ0n) is 27.2. The first-order valence-electron chi connectivity index (χ1n) is 17.1. The van der Waals surface area contributed by atoms with Crippen LogP contribution >= 0.6 is 0 Å². The van der Waals surface area contributed by atoms with Crippen LogP contribution in [0, 0.1) is 0 Å². The number of aliphatic imine (C=N–C) groups is 2. The molecule has 0 radical (unpaired) electrons. The minimum Gasteiger partial charge on any atom is -0.456 e. The van der Waals surface area contributed by atoms with Crippen molar-refractivity contribution < 1.29 is 8.83 Å². The van der Waals surface area contributed by atoms with Crippen molar-refractivity contribution in [1.29, 1.82) is 0 Å². The number of para-hydroxylation sites is 2. The summed E-state index contributed by atoms with van der Waals surface area (Å²) in [6.07, 6.45) is -0.270. The maximum absolute atomic E-state index is 6.59. The van der Waals surface area contributed by atoms with Crippen molar-refractivity contribution in [1.82, 2.24) is 9.88 Å². The molecule has 7 aromatic carbocycles. The molecule has 1 aliphatic heterocycles. The first-order valence-corrected chi connectivity index (χ1v) is 17.1. The third kappa shape index (κ3) is 4.36. The Bertz CT molecular complexity index is 3000. The average Bonchev–Trinajstić information content (AvgIpc) is 3.85. The van der Waals surface area contributed by atoms with Crippen LogP contribution in [0.3, 0.4) is 0 Å². The van der Waals surface area contributed by atoms with Gasteiger partial charge in [-0.05, 0) is 60.2 Å². The van der Waals surface area contributed by atoms with E-state index in [1.54, 1.807) is 0 Å². The van der Waals surface area contributed by atoms with Crippen molar-refractivity contribution >= 4 is 77.4 Å². The van der Waals surface area contributed by atoms with Gasteiger partial charge < -0.3 is 18.7 Å². The standard InChI is InChI=1S/C45H28N4O2/c1-3-11-27(12-4-1)43-46-44(28-13-5-2-6-14-28)48-45(47-43)29-19-21-33-35-25-42-36(26-41(35)51-40(33)23-29)34-24-30(20-22-39(34)50-42)49-37-17-9-7-15-31(37)32-16-8-10-18-38(32)49/h1-26,43H,(H,46,47,48). The second-order valence-electron chi connectivity index (χ2n) is 13.0. The quantitative estimate of drug-likeness (QED) is 0.205. The molecule has 3 aromatic heterocycles. The zero-order chi connectivity index (χ0) is 33.5. The highest BCUT2D eigenvalue weighted by Gasteiger charge is 2.22. The number of hydrogen-bond donors (Lipinski definition) is 1. The van der Waals surface area contributed by atoms with Crippen LogP contribution in [0.4, 0.5) is 0 Å². The lowest BCUT2D eigenvalue weighted by Gasteiger charge is -2.23. The molecule has 1 N–H and O–H groups in total. The maximum Gasteiger partial charge on any atom is 0.159 e. The van der Waals surface area contributed by atoms with E-state index in [0.29, 0.717) is 5.84 Å². The first-order chi connectivity index (χ1) is 25.2. The number of furan rings is 2. The van der Waals surface area contributed by atoms with Gasteiger partial charge in [-0.15, -0.1) is 0 Å². The van der Waals surface area contributed by atoms with Crippen LogP contribution in [0.5, 0.6) is 0 Å². The van der Waals surface area contributed by atoms with Crippen LogP contribution in [-0.4, -0.2) is 16.2 Å². The Morgan fingerprint density at radius 3 is 1.82 bits per heavy atom. The highest BCUT2D eigenvalue weighted by Crippen LogP contribution is 2.39. The van der Waals surface area contributed by atoms with Gasteiger partial charge in [-0.25, -0.2) is 9.98 Å². The summed E-state index contributed by atoms with van der Waals surface area (Å²) in [6.45, 7) is 0. The van der Waals surface area contributed by atoms with Gasteiger partial charge in [-0.1, -0.05) is 103 Å². The summed E-state index contributed by atoms with van der Waals surface area (Å²) >= 11 is 0. The molecule has 0 saturated heterocycles. The maximum atomic E-state index is 6.59. The molecule has 0 fully saturated rings. The zero-order valence-corrected chi connectivity index (χ0v) is 27.2. The van der Waals surface area contributed by atoms with Crippen molar-refractivity contribution in [3.05, 3.63) is 174 Å². The topological polar surface area (TPSA) is 68.0 Å². The van der Waals surface area contributed by atoms with Gasteiger partial charge in [0, 0.05) is 49.1 Å². The molecule has 1 unspecified atom stereocenters. The molecular weight excluding hydrogens is 629 g/mol. The summed E-state index contributed by atoms with van der Waals surface area (Å²) in [5.41, 5.74) is 9.68. The van der Waals surface area contributed by atoms with E-state index in [-0.39, 0.29) is 6.17 Å². The van der Waals surface area contributed by atoms with Crippen molar-refractivity contribution in [2.45, 2.75) is 6.17 Å². The van der Waals surface area contributed by atoms with Gasteiger partial charge in [0.25, 0.3) is 0 Å². The van der Waals surface area contributed by atoms with Crippen LogP contribution in [0.15, 0.2) is 177 Å². The average molecular weight is 657 g/mol. The summed E-state index contributed by atoms with van der Waals surface area (Å²) in [5, 5.41) is 10.2. The first kappa shape index (κ1) is 28.0. The molecule has 51 heavy (non-hydrogen) atoms. The molecule has 11 rings (SSSR count). The molecule has 240 valence electrons. The third-order valence-electron chi connectivity index (χ3n) is 10.0. The van der Waals surface area contributed by atoms with Crippen molar-refractivity contribution in [3.63, 3.8) is 0 Å². The number of aromatic nitrogens is 1. The molecule has 4 heterocycles. The molecule has 0 amide bonds. The number of nitrogens with one attached hydrogen (secondary N) is 1. The van der Waals surface area contributed by atoms with Crippen molar-refractivity contribution in [2.24, 2.45) is 9.98 Å². The fraction of sp³-hybridized carbons (Fsp3) is 0.0222. The van der Waals surface area contributed by atoms with Gasteiger partial charge in [-0.3, -0.25) is 0 Å². The number of benzene rings is 7. The normalized spacial score (nSPS) is 14.9. The van der Waals surface area contributed by atoms with E-state index < -0.39 is 0 Å². The summed E-state index contributed by atoms with van der Waals surface area (Å²) < 4.78 is 15.4. The molecule has 1 aliphatic rings. The fourth-order valence-electron chi connectivity index (χ4n) is 7.64. The largest absolute Gasteiger partial charge is 0.456 e. The molecule has 10 aromatic rings. The summed E-state index contributed by atoms with van der Waals surface area (Å²) in [6, 6.07) is 54.5. The number of fused-ring (bicyclic) bond motifs is 9. The molecule has 6 heteroatoms. The molecule has 0 saturated carbocycles. The van der Waals surface area contributed by atoms with Gasteiger partial charge in [-0.2, -0.15) is 0 Å². The molecule has 6 nitrogen and oxygen atoms in total. The van der Waals surface area contributed by atoms with Crippen molar-refractivity contribution in [3.8, 4) is 5.69 Å². The minimum absolute atomic E-state index is 0.270. The second-order valence-corrected chi connectivity index (χ2v) is 13.0. The lowest BCUT2D eigenvalue weighted by atomic mass is 10.1. The van der Waals surface area contributed by atoms with Crippen LogP contribution in [0.2, 0.25) is 0 Å². The Morgan fingerprint density at radius 2 is 1.08 bits per heavy atom. The molecule has 0 spiro atoms. The van der Waals surface area contributed by atoms with E-state index in [4.69, 9.17) is 18.8 Å². The van der Waals surface area contributed by atoms with E-state index in [9.17, 15) is 0 Å². The van der Waals surface area contributed by atoms with Gasteiger partial charge in [0.2, 0.25) is 0 Å². The lowest BCUT2D eigenvalue weighted by Crippen LogP contribution is -2.33. The van der Waals surface area contributed by atoms with Crippen LogP contribution in [-0.2, 0) is 0 Å². The number of amidine groups is 2. The van der Waals surface area contributed by atoms with Gasteiger partial charge in [0.05, 0.1) is 11.0 Å². The third-order valence-corrected chi connectivity index (χ3v) is 10.0. The summed E-state index contributed by atoms with van der Waals surface area (Å²) in [4.78, 5) is 9.97. The summed E-state index contributed by atoms with van der Waals surface area (Å²) in [5.74, 6) is 1.44. The predicted octanol–water partition coefficient (Wildman–Crippen LogP) is 11.1. The fourth-order valence-corrected chi connectivity index (χ4v) is 7.64. The van der Waals surface area contributed by atoms with E-state index in [1.807, 2.05) is 48.5 Å².